The molecule has 0 radical (unpaired) electrons. The Morgan fingerprint density at radius 3 is 2.44 bits per heavy atom. The summed E-state index contributed by atoms with van der Waals surface area (Å²) in [6.45, 7) is 17.6. The van der Waals surface area contributed by atoms with Crippen LogP contribution in [0.5, 0.6) is 0 Å². The lowest BCUT2D eigenvalue weighted by Crippen LogP contribution is -2.65. The number of hydrogen-bond acceptors (Lipinski definition) is 5. The molecule has 3 aliphatic carbocycles. The van der Waals surface area contributed by atoms with Crippen molar-refractivity contribution in [3.05, 3.63) is 0 Å². The fourth-order valence-electron chi connectivity index (χ4n) is 7.15. The van der Waals surface area contributed by atoms with E-state index < -0.39 is 18.7 Å². The van der Waals surface area contributed by atoms with E-state index in [1.165, 1.54) is 6.42 Å². The van der Waals surface area contributed by atoms with Crippen molar-refractivity contribution < 1.29 is 18.9 Å². The van der Waals surface area contributed by atoms with Gasteiger partial charge >= 0.3 is 7.12 Å². The molecule has 5 aliphatic rings. The zero-order chi connectivity index (χ0) is 25.2. The largest absolute Gasteiger partial charge is 0.481 e. The number of hydrogen-bond donors (Lipinski definition) is 2. The summed E-state index contributed by atoms with van der Waals surface area (Å²) in [5.74, 6) is 0.967. The van der Waals surface area contributed by atoms with E-state index in [1.807, 2.05) is 20.8 Å². The Labute approximate surface area is 206 Å². The number of nitrogens with one attached hydrogen (secondary N) is 1. The maximum absolute atomic E-state index is 13.6. The van der Waals surface area contributed by atoms with Crippen LogP contribution in [0.1, 0.15) is 87.5 Å². The molecule has 3 saturated carbocycles. The summed E-state index contributed by atoms with van der Waals surface area (Å²) >= 11 is 0. The Kier molecular flexibility index (Phi) is 6.70. The number of nitrogens with zero attached hydrogens (tertiary/aromatic N) is 1. The van der Waals surface area contributed by atoms with Gasteiger partial charge in [-0.1, -0.05) is 48.5 Å². The van der Waals surface area contributed by atoms with Gasteiger partial charge < -0.3 is 25.3 Å². The first-order chi connectivity index (χ1) is 15.8. The number of nitrogens with two attached hydrogens (primary N) is 1. The van der Waals surface area contributed by atoms with Gasteiger partial charge in [-0.3, -0.25) is 9.59 Å². The van der Waals surface area contributed by atoms with Crippen LogP contribution in [-0.2, 0) is 18.9 Å². The summed E-state index contributed by atoms with van der Waals surface area (Å²) < 4.78 is 13.1. The second-order valence-electron chi connectivity index (χ2n) is 12.9. The molecule has 0 aromatic carbocycles. The molecule has 5 rings (SSSR count). The van der Waals surface area contributed by atoms with Crippen molar-refractivity contribution >= 4 is 18.9 Å². The average molecular weight is 475 g/mol. The molecule has 192 valence electrons. The molecule has 34 heavy (non-hydrogen) atoms. The van der Waals surface area contributed by atoms with Gasteiger partial charge in [0.2, 0.25) is 11.8 Å². The third-order valence-electron chi connectivity index (χ3n) is 9.89. The van der Waals surface area contributed by atoms with Crippen LogP contribution in [-0.4, -0.2) is 59.6 Å². The lowest BCUT2D eigenvalue weighted by atomic mass is 9.43. The van der Waals surface area contributed by atoms with Crippen LogP contribution in [0.2, 0.25) is 0 Å². The number of carbonyl (C=O) groups excluding carboxylic acids is 2. The number of rotatable bonds is 8. The number of amides is 2. The molecular weight excluding hydrogens is 429 g/mol. The van der Waals surface area contributed by atoms with Crippen LogP contribution in [0, 0.1) is 29.1 Å². The SMILES string of the molecule is CC[C@H](NC(=O)[C@@H](CC(C)C)N1CCC(N)(C(C)C)C1=O)B1OC2C[C@H]3C[C@H](C3(C)C)[C@]2(C)O1. The van der Waals surface area contributed by atoms with Gasteiger partial charge in [0, 0.05) is 6.54 Å². The van der Waals surface area contributed by atoms with Crippen LogP contribution in [0.25, 0.3) is 0 Å². The first kappa shape index (κ1) is 26.0. The van der Waals surface area contributed by atoms with E-state index in [4.69, 9.17) is 15.0 Å². The van der Waals surface area contributed by atoms with Gasteiger partial charge in [0.05, 0.1) is 23.2 Å². The van der Waals surface area contributed by atoms with Gasteiger partial charge in [-0.25, -0.2) is 0 Å². The monoisotopic (exact) mass is 475 g/mol. The van der Waals surface area contributed by atoms with Gasteiger partial charge in [-0.05, 0) is 68.1 Å². The van der Waals surface area contributed by atoms with Gasteiger partial charge in [0.15, 0.2) is 0 Å². The Balaban J connectivity index is 1.48. The first-order valence-electron chi connectivity index (χ1n) is 13.5. The zero-order valence-corrected chi connectivity index (χ0v) is 22.5. The summed E-state index contributed by atoms with van der Waals surface area (Å²) in [6.07, 6.45) is 4.18. The van der Waals surface area contributed by atoms with Crippen LogP contribution in [0.3, 0.4) is 0 Å². The third kappa shape index (κ3) is 3.92. The Hall–Kier alpha value is -1.12. The van der Waals surface area contributed by atoms with E-state index in [2.05, 4.69) is 39.9 Å². The minimum atomic E-state index is -0.894. The molecule has 7 atom stereocenters. The molecule has 3 N–H and O–H groups in total. The fourth-order valence-corrected chi connectivity index (χ4v) is 7.15. The van der Waals surface area contributed by atoms with E-state index in [0.717, 1.165) is 6.42 Å². The van der Waals surface area contributed by atoms with Crippen molar-refractivity contribution in [2.75, 3.05) is 6.54 Å². The molecule has 2 bridgehead atoms. The highest BCUT2D eigenvalue weighted by Crippen LogP contribution is 2.65. The van der Waals surface area contributed by atoms with Crippen molar-refractivity contribution in [2.24, 2.45) is 34.8 Å². The number of likely N-dealkylation sites (tertiary alicyclic amines) is 1. The highest BCUT2D eigenvalue weighted by atomic mass is 16.7. The second kappa shape index (κ2) is 8.77. The molecule has 7 nitrogen and oxygen atoms in total. The fraction of sp³-hybridized carbons (Fsp3) is 0.923. The van der Waals surface area contributed by atoms with Crippen LogP contribution in [0.15, 0.2) is 0 Å². The molecule has 0 aromatic rings. The smallest absolute Gasteiger partial charge is 0.404 e. The topological polar surface area (TPSA) is 93.9 Å². The minimum Gasteiger partial charge on any atom is -0.404 e. The van der Waals surface area contributed by atoms with Crippen LogP contribution < -0.4 is 11.1 Å². The second-order valence-corrected chi connectivity index (χ2v) is 12.9. The van der Waals surface area contributed by atoms with Gasteiger partial charge in [-0.15, -0.1) is 0 Å². The molecule has 8 heteroatoms. The van der Waals surface area contributed by atoms with Crippen LogP contribution in [0.4, 0.5) is 0 Å². The van der Waals surface area contributed by atoms with Crippen molar-refractivity contribution in [1.82, 2.24) is 10.2 Å². The quantitative estimate of drug-likeness (QED) is 0.526. The summed E-state index contributed by atoms with van der Waals surface area (Å²) in [5, 5.41) is 3.22. The molecule has 2 aliphatic heterocycles. The molecule has 0 spiro atoms. The lowest BCUT2D eigenvalue weighted by Gasteiger charge is -2.64. The average Bonchev–Trinajstić information content (AvgIpc) is 3.26. The van der Waals surface area contributed by atoms with Crippen LogP contribution >= 0.6 is 0 Å². The minimum absolute atomic E-state index is 0.0241. The Morgan fingerprint density at radius 1 is 1.24 bits per heavy atom. The molecular formula is C26H46BN3O4. The molecule has 5 fully saturated rings. The highest BCUT2D eigenvalue weighted by molar-refractivity contribution is 6.47. The van der Waals surface area contributed by atoms with E-state index in [-0.39, 0.29) is 46.7 Å². The predicted molar refractivity (Wildman–Crippen MR) is 134 cm³/mol. The van der Waals surface area contributed by atoms with Crippen molar-refractivity contribution in [1.29, 1.82) is 0 Å². The third-order valence-corrected chi connectivity index (χ3v) is 9.89. The highest BCUT2D eigenvalue weighted by Gasteiger charge is 2.68. The van der Waals surface area contributed by atoms with E-state index in [0.29, 0.717) is 37.6 Å². The molecule has 2 amide bonds. The summed E-state index contributed by atoms with van der Waals surface area (Å²) in [5.41, 5.74) is 5.57. The maximum atomic E-state index is 13.6. The van der Waals surface area contributed by atoms with Crippen molar-refractivity contribution in [3.63, 3.8) is 0 Å². The van der Waals surface area contributed by atoms with E-state index >= 15 is 0 Å². The molecule has 2 unspecified atom stereocenters. The molecule has 0 aromatic heterocycles. The Morgan fingerprint density at radius 2 is 1.91 bits per heavy atom. The molecule has 2 heterocycles. The van der Waals surface area contributed by atoms with Gasteiger partial charge in [0.1, 0.15) is 6.04 Å². The predicted octanol–water partition coefficient (Wildman–Crippen LogP) is 3.15. The first-order valence-corrected chi connectivity index (χ1v) is 13.5. The standard InChI is InChI=1S/C26H46BN3O4/c1-9-21(27-33-20-14-17-13-19(24(17,6)7)25(20,8)34-27)29-22(31)18(12-15(2)3)30-11-10-26(28,16(4)5)23(30)32/h15-21H,9-14,28H2,1-8H3,(H,29,31)/t17-,18-,19-,20?,21+,25+,26?/m1/s1. The number of carbonyl (C=O) groups is 2. The summed E-state index contributed by atoms with van der Waals surface area (Å²) in [7, 11) is -0.461. The maximum Gasteiger partial charge on any atom is 0.481 e. The van der Waals surface area contributed by atoms with E-state index in [1.54, 1.807) is 4.90 Å². The zero-order valence-electron chi connectivity index (χ0n) is 22.5. The van der Waals surface area contributed by atoms with Crippen molar-refractivity contribution in [2.45, 2.75) is 117 Å². The Bertz CT molecular complexity index is 820. The lowest BCUT2D eigenvalue weighted by molar-refractivity contribution is -0.199. The summed E-state index contributed by atoms with van der Waals surface area (Å²) in [6, 6.07) is -0.531. The van der Waals surface area contributed by atoms with Gasteiger partial charge in [-0.2, -0.15) is 0 Å². The molecule has 2 saturated heterocycles. The summed E-state index contributed by atoms with van der Waals surface area (Å²) in [4.78, 5) is 28.6. The van der Waals surface area contributed by atoms with E-state index in [9.17, 15) is 9.59 Å². The van der Waals surface area contributed by atoms with Gasteiger partial charge in [0.25, 0.3) is 0 Å². The van der Waals surface area contributed by atoms with Crippen molar-refractivity contribution in [3.8, 4) is 0 Å². The normalized spacial score (nSPS) is 38.2.